The second-order valence-corrected chi connectivity index (χ2v) is 2.78. The lowest BCUT2D eigenvalue weighted by Gasteiger charge is -1.93. The molecule has 1 aromatic rings. The van der Waals surface area contributed by atoms with E-state index in [0.29, 0.717) is 0 Å². The van der Waals surface area contributed by atoms with Crippen molar-refractivity contribution in [3.63, 3.8) is 0 Å². The maximum Gasteiger partial charge on any atom is 0.0852 e. The molecule has 0 aliphatic carbocycles. The Morgan fingerprint density at radius 1 is 1.07 bits per heavy atom. The molecule has 2 nitrogen and oxygen atoms in total. The molecular formula is C12H14N2. The van der Waals surface area contributed by atoms with Gasteiger partial charge in [0.2, 0.25) is 0 Å². The Bertz CT molecular complexity index is 345. The number of benzene rings is 1. The maximum absolute atomic E-state index is 3.93. The van der Waals surface area contributed by atoms with Gasteiger partial charge in [-0.3, -0.25) is 0 Å². The SMILES string of the molecule is C/C=C/C=C/c1ccc(N=NC)cc1. The molecule has 0 unspecified atom stereocenters. The second kappa shape index (κ2) is 5.86. The predicted molar refractivity (Wildman–Crippen MR) is 60.7 cm³/mol. The minimum Gasteiger partial charge on any atom is -0.192 e. The van der Waals surface area contributed by atoms with Crippen molar-refractivity contribution in [2.45, 2.75) is 6.92 Å². The third-order valence-corrected chi connectivity index (χ3v) is 1.70. The first-order valence-electron chi connectivity index (χ1n) is 4.56. The van der Waals surface area contributed by atoms with Crippen LogP contribution in [0, 0.1) is 0 Å². The largest absolute Gasteiger partial charge is 0.192 e. The molecule has 0 amide bonds. The van der Waals surface area contributed by atoms with Crippen LogP contribution < -0.4 is 0 Å². The lowest BCUT2D eigenvalue weighted by atomic mass is 10.2. The molecule has 14 heavy (non-hydrogen) atoms. The molecule has 1 aromatic carbocycles. The molecule has 0 saturated carbocycles. The summed E-state index contributed by atoms with van der Waals surface area (Å²) in [7, 11) is 1.67. The number of azo groups is 1. The fraction of sp³-hybridized carbons (Fsp3) is 0.167. The van der Waals surface area contributed by atoms with E-state index in [-0.39, 0.29) is 0 Å². The van der Waals surface area contributed by atoms with Crippen LogP contribution in [0.2, 0.25) is 0 Å². The summed E-state index contributed by atoms with van der Waals surface area (Å²) in [6.45, 7) is 2.00. The summed E-state index contributed by atoms with van der Waals surface area (Å²) >= 11 is 0. The minimum absolute atomic E-state index is 0.885. The van der Waals surface area contributed by atoms with Gasteiger partial charge in [0.1, 0.15) is 0 Å². The van der Waals surface area contributed by atoms with Gasteiger partial charge >= 0.3 is 0 Å². The zero-order chi connectivity index (χ0) is 10.2. The Labute approximate surface area is 84.7 Å². The molecule has 0 aliphatic heterocycles. The van der Waals surface area contributed by atoms with E-state index >= 15 is 0 Å². The first kappa shape index (κ1) is 10.4. The van der Waals surface area contributed by atoms with E-state index < -0.39 is 0 Å². The summed E-state index contributed by atoms with van der Waals surface area (Å²) in [5.74, 6) is 0. The van der Waals surface area contributed by atoms with Gasteiger partial charge in [0.05, 0.1) is 5.69 Å². The van der Waals surface area contributed by atoms with E-state index in [1.807, 2.05) is 55.5 Å². The molecular weight excluding hydrogens is 172 g/mol. The summed E-state index contributed by atoms with van der Waals surface area (Å²) < 4.78 is 0. The first-order valence-corrected chi connectivity index (χ1v) is 4.56. The van der Waals surface area contributed by atoms with Gasteiger partial charge in [0.15, 0.2) is 0 Å². The molecule has 0 bridgehead atoms. The zero-order valence-electron chi connectivity index (χ0n) is 8.51. The predicted octanol–water partition coefficient (Wildman–Crippen LogP) is 3.99. The Hall–Kier alpha value is -1.70. The molecule has 2 heteroatoms. The summed E-state index contributed by atoms with van der Waals surface area (Å²) in [4.78, 5) is 0. The number of allylic oxidation sites excluding steroid dienone is 3. The Kier molecular flexibility index (Phi) is 4.35. The third kappa shape index (κ3) is 3.35. The maximum atomic E-state index is 3.93. The van der Waals surface area contributed by atoms with E-state index in [9.17, 15) is 0 Å². The van der Waals surface area contributed by atoms with Crippen molar-refractivity contribution in [1.29, 1.82) is 0 Å². The zero-order valence-corrected chi connectivity index (χ0v) is 8.51. The highest BCUT2D eigenvalue weighted by Crippen LogP contribution is 2.13. The van der Waals surface area contributed by atoms with Crippen LogP contribution >= 0.6 is 0 Å². The van der Waals surface area contributed by atoms with Crippen molar-refractivity contribution in [3.8, 4) is 0 Å². The molecule has 0 fully saturated rings. The van der Waals surface area contributed by atoms with Gasteiger partial charge in [-0.15, -0.1) is 0 Å². The van der Waals surface area contributed by atoms with Gasteiger partial charge < -0.3 is 0 Å². The lowest BCUT2D eigenvalue weighted by molar-refractivity contribution is 1.17. The summed E-state index contributed by atoms with van der Waals surface area (Å²) in [5, 5.41) is 7.64. The van der Waals surface area contributed by atoms with Crippen molar-refractivity contribution in [2.75, 3.05) is 7.05 Å². The van der Waals surface area contributed by atoms with Crippen LogP contribution in [0.4, 0.5) is 5.69 Å². The highest BCUT2D eigenvalue weighted by atomic mass is 15.1. The molecule has 0 aromatic heterocycles. The Morgan fingerprint density at radius 2 is 1.79 bits per heavy atom. The van der Waals surface area contributed by atoms with E-state index in [1.165, 1.54) is 0 Å². The quantitative estimate of drug-likeness (QED) is 0.503. The highest BCUT2D eigenvalue weighted by molar-refractivity contribution is 5.54. The molecule has 0 radical (unpaired) electrons. The Balaban J connectivity index is 2.73. The fourth-order valence-corrected chi connectivity index (χ4v) is 1.05. The summed E-state index contributed by atoms with van der Waals surface area (Å²) in [6.07, 6.45) is 8.05. The van der Waals surface area contributed by atoms with Crippen molar-refractivity contribution in [2.24, 2.45) is 10.2 Å². The van der Waals surface area contributed by atoms with Gasteiger partial charge in [0.25, 0.3) is 0 Å². The minimum atomic E-state index is 0.885. The lowest BCUT2D eigenvalue weighted by Crippen LogP contribution is -1.69. The molecule has 0 N–H and O–H groups in total. The number of hydrogen-bond donors (Lipinski definition) is 0. The van der Waals surface area contributed by atoms with Crippen LogP contribution in [0.5, 0.6) is 0 Å². The van der Waals surface area contributed by atoms with Crippen LogP contribution in [0.25, 0.3) is 6.08 Å². The van der Waals surface area contributed by atoms with E-state index in [0.717, 1.165) is 11.3 Å². The third-order valence-electron chi connectivity index (χ3n) is 1.70. The fourth-order valence-electron chi connectivity index (χ4n) is 1.05. The molecule has 0 aliphatic rings. The first-order chi connectivity index (χ1) is 6.86. The van der Waals surface area contributed by atoms with Crippen LogP contribution in [-0.4, -0.2) is 7.05 Å². The standard InChI is InChI=1S/C12H14N2/c1-3-4-5-6-11-7-9-12(10-8-11)14-13-2/h3-10H,1-2H3/b4-3+,6-5+,14-13?. The topological polar surface area (TPSA) is 24.7 Å². The van der Waals surface area contributed by atoms with Crippen molar-refractivity contribution in [3.05, 3.63) is 48.1 Å². The van der Waals surface area contributed by atoms with Gasteiger partial charge in [-0.1, -0.05) is 36.4 Å². The average molecular weight is 186 g/mol. The molecule has 72 valence electrons. The van der Waals surface area contributed by atoms with Crippen LogP contribution in [0.15, 0.2) is 52.7 Å². The smallest absolute Gasteiger partial charge is 0.0852 e. The van der Waals surface area contributed by atoms with Crippen molar-refractivity contribution in [1.82, 2.24) is 0 Å². The molecule has 0 heterocycles. The van der Waals surface area contributed by atoms with Crippen LogP contribution in [0.1, 0.15) is 12.5 Å². The van der Waals surface area contributed by atoms with Gasteiger partial charge in [-0.25, -0.2) is 0 Å². The van der Waals surface area contributed by atoms with Crippen LogP contribution in [-0.2, 0) is 0 Å². The summed E-state index contributed by atoms with van der Waals surface area (Å²) in [5.41, 5.74) is 2.05. The molecule has 1 rings (SSSR count). The number of nitrogens with zero attached hydrogens (tertiary/aromatic N) is 2. The normalized spacial score (nSPS) is 12.1. The van der Waals surface area contributed by atoms with Gasteiger partial charge in [0, 0.05) is 7.05 Å². The summed E-state index contributed by atoms with van der Waals surface area (Å²) in [6, 6.07) is 7.93. The highest BCUT2D eigenvalue weighted by Gasteiger charge is 1.88. The molecule has 0 atom stereocenters. The molecule has 0 spiro atoms. The van der Waals surface area contributed by atoms with Crippen molar-refractivity contribution >= 4 is 11.8 Å². The van der Waals surface area contributed by atoms with Crippen LogP contribution in [0.3, 0.4) is 0 Å². The monoisotopic (exact) mass is 186 g/mol. The van der Waals surface area contributed by atoms with Gasteiger partial charge in [-0.05, 0) is 24.6 Å². The van der Waals surface area contributed by atoms with E-state index in [4.69, 9.17) is 0 Å². The van der Waals surface area contributed by atoms with E-state index in [1.54, 1.807) is 7.05 Å². The molecule has 0 saturated heterocycles. The van der Waals surface area contributed by atoms with E-state index in [2.05, 4.69) is 10.2 Å². The Morgan fingerprint density at radius 3 is 2.36 bits per heavy atom. The van der Waals surface area contributed by atoms with Gasteiger partial charge in [-0.2, -0.15) is 10.2 Å². The average Bonchev–Trinajstić information content (AvgIpc) is 2.21. The number of rotatable bonds is 3. The van der Waals surface area contributed by atoms with Crippen molar-refractivity contribution < 1.29 is 0 Å². The number of hydrogen-bond acceptors (Lipinski definition) is 2. The second-order valence-electron chi connectivity index (χ2n) is 2.78.